The number of ketones is 1. The molecule has 100 valence electrons. The predicted octanol–water partition coefficient (Wildman–Crippen LogP) is 4.76. The van der Waals surface area contributed by atoms with E-state index >= 15 is 0 Å². The Labute approximate surface area is 103 Å². The maximum Gasteiger partial charge on any atom is 0.308 e. The van der Waals surface area contributed by atoms with Gasteiger partial charge in [-0.05, 0) is 12.8 Å². The van der Waals surface area contributed by atoms with Gasteiger partial charge < -0.3 is 0 Å². The minimum absolute atomic E-state index is 0.498. The van der Waals surface area contributed by atoms with Gasteiger partial charge in [0, 0.05) is 12.3 Å². The van der Waals surface area contributed by atoms with Crippen molar-refractivity contribution in [3.05, 3.63) is 12.7 Å². The molecule has 0 rings (SSSR count). The van der Waals surface area contributed by atoms with Crippen molar-refractivity contribution in [3.8, 4) is 0 Å². The van der Waals surface area contributed by atoms with Crippen LogP contribution in [-0.2, 0) is 4.79 Å². The third-order valence-corrected chi connectivity index (χ3v) is 3.03. The fourth-order valence-corrected chi connectivity index (χ4v) is 1.92. The molecule has 3 heteroatoms. The van der Waals surface area contributed by atoms with E-state index in [9.17, 15) is 13.6 Å². The van der Waals surface area contributed by atoms with E-state index in [-0.39, 0.29) is 0 Å². The summed E-state index contributed by atoms with van der Waals surface area (Å²) in [6, 6.07) is 0. The summed E-state index contributed by atoms with van der Waals surface area (Å²) < 4.78 is 26.8. The molecular formula is C14H24F2O. The summed E-state index contributed by atoms with van der Waals surface area (Å²) in [6.45, 7) is 7.16. The van der Waals surface area contributed by atoms with Gasteiger partial charge >= 0.3 is 5.92 Å². The minimum atomic E-state index is -3.23. The molecular weight excluding hydrogens is 222 g/mol. The molecule has 0 spiro atoms. The Morgan fingerprint density at radius 3 is 2.41 bits per heavy atom. The SMILES string of the molecule is C=CCC(F)(F)C(=O)C(CC)CCCCCC. The van der Waals surface area contributed by atoms with Crippen LogP contribution in [0.4, 0.5) is 8.78 Å². The van der Waals surface area contributed by atoms with Gasteiger partial charge in [-0.15, -0.1) is 6.58 Å². The molecule has 0 heterocycles. The molecule has 0 aromatic carbocycles. The molecule has 17 heavy (non-hydrogen) atoms. The lowest BCUT2D eigenvalue weighted by Crippen LogP contribution is -2.34. The Balaban J connectivity index is 4.24. The van der Waals surface area contributed by atoms with Crippen molar-refractivity contribution < 1.29 is 13.6 Å². The van der Waals surface area contributed by atoms with Crippen molar-refractivity contribution in [2.24, 2.45) is 5.92 Å². The van der Waals surface area contributed by atoms with Crippen LogP contribution in [0.1, 0.15) is 58.8 Å². The molecule has 0 saturated heterocycles. The smallest absolute Gasteiger partial charge is 0.293 e. The molecule has 0 aliphatic carbocycles. The fraction of sp³-hybridized carbons (Fsp3) is 0.786. The summed E-state index contributed by atoms with van der Waals surface area (Å²) in [5.74, 6) is -4.63. The van der Waals surface area contributed by atoms with Crippen LogP contribution in [0.15, 0.2) is 12.7 Å². The highest BCUT2D eigenvalue weighted by Crippen LogP contribution is 2.28. The Kier molecular flexibility index (Phi) is 8.01. The molecule has 1 unspecified atom stereocenters. The Morgan fingerprint density at radius 1 is 1.29 bits per heavy atom. The summed E-state index contributed by atoms with van der Waals surface area (Å²) in [6.07, 6.45) is 5.75. The van der Waals surface area contributed by atoms with Crippen molar-refractivity contribution >= 4 is 5.78 Å². The lowest BCUT2D eigenvalue weighted by atomic mass is 9.90. The Morgan fingerprint density at radius 2 is 1.94 bits per heavy atom. The molecule has 0 aliphatic rings. The van der Waals surface area contributed by atoms with Crippen molar-refractivity contribution in [2.45, 2.75) is 64.7 Å². The van der Waals surface area contributed by atoms with Crippen LogP contribution < -0.4 is 0 Å². The third kappa shape index (κ3) is 5.94. The highest BCUT2D eigenvalue weighted by atomic mass is 19.3. The molecule has 0 bridgehead atoms. The number of allylic oxidation sites excluding steroid dienone is 1. The van der Waals surface area contributed by atoms with E-state index < -0.39 is 24.0 Å². The molecule has 0 fully saturated rings. The van der Waals surface area contributed by atoms with Gasteiger partial charge in [0.15, 0.2) is 0 Å². The Bertz CT molecular complexity index is 236. The monoisotopic (exact) mass is 246 g/mol. The van der Waals surface area contributed by atoms with Gasteiger partial charge in [-0.3, -0.25) is 4.79 Å². The molecule has 0 N–H and O–H groups in total. The average Bonchev–Trinajstić information content (AvgIpc) is 2.28. The van der Waals surface area contributed by atoms with Crippen LogP contribution in [0, 0.1) is 5.92 Å². The first-order valence-electron chi connectivity index (χ1n) is 6.52. The van der Waals surface area contributed by atoms with E-state index in [4.69, 9.17) is 0 Å². The topological polar surface area (TPSA) is 17.1 Å². The molecule has 1 atom stereocenters. The first kappa shape index (κ1) is 16.3. The number of carbonyl (C=O) groups is 1. The van der Waals surface area contributed by atoms with Crippen LogP contribution in [-0.4, -0.2) is 11.7 Å². The second kappa shape index (κ2) is 8.37. The second-order valence-electron chi connectivity index (χ2n) is 4.52. The number of hydrogen-bond donors (Lipinski definition) is 0. The molecule has 1 nitrogen and oxygen atoms in total. The van der Waals surface area contributed by atoms with Gasteiger partial charge in [0.2, 0.25) is 5.78 Å². The van der Waals surface area contributed by atoms with Gasteiger partial charge in [-0.2, -0.15) is 8.78 Å². The zero-order valence-corrected chi connectivity index (χ0v) is 11.0. The highest BCUT2D eigenvalue weighted by molar-refractivity contribution is 5.87. The second-order valence-corrected chi connectivity index (χ2v) is 4.52. The number of Topliss-reactive ketones (excluding diaryl/α,β-unsaturated/α-hetero) is 1. The third-order valence-electron chi connectivity index (χ3n) is 3.03. The van der Waals surface area contributed by atoms with Crippen LogP contribution in [0.3, 0.4) is 0 Å². The minimum Gasteiger partial charge on any atom is -0.293 e. The quantitative estimate of drug-likeness (QED) is 0.401. The van der Waals surface area contributed by atoms with E-state index in [1.807, 2.05) is 0 Å². The number of unbranched alkanes of at least 4 members (excludes halogenated alkanes) is 3. The zero-order chi connectivity index (χ0) is 13.3. The van der Waals surface area contributed by atoms with Crippen LogP contribution >= 0.6 is 0 Å². The fourth-order valence-electron chi connectivity index (χ4n) is 1.92. The van der Waals surface area contributed by atoms with Crippen molar-refractivity contribution in [1.29, 1.82) is 0 Å². The molecule has 0 aromatic heterocycles. The zero-order valence-electron chi connectivity index (χ0n) is 11.0. The van der Waals surface area contributed by atoms with Crippen LogP contribution in [0.25, 0.3) is 0 Å². The Hall–Kier alpha value is -0.730. The number of rotatable bonds is 10. The maximum absolute atomic E-state index is 13.4. The molecule has 0 aliphatic heterocycles. The summed E-state index contributed by atoms with van der Waals surface area (Å²) in [5.41, 5.74) is 0. The summed E-state index contributed by atoms with van der Waals surface area (Å²) in [5, 5.41) is 0. The lowest BCUT2D eigenvalue weighted by molar-refractivity contribution is -0.147. The normalized spacial score (nSPS) is 13.4. The van der Waals surface area contributed by atoms with Crippen molar-refractivity contribution in [3.63, 3.8) is 0 Å². The molecule has 0 saturated carbocycles. The van der Waals surface area contributed by atoms with E-state index in [2.05, 4.69) is 13.5 Å². The summed E-state index contributed by atoms with van der Waals surface area (Å²) >= 11 is 0. The molecule has 0 aromatic rings. The van der Waals surface area contributed by atoms with Gasteiger partial charge in [-0.25, -0.2) is 0 Å². The van der Waals surface area contributed by atoms with Gasteiger partial charge in [0.1, 0.15) is 0 Å². The summed E-state index contributed by atoms with van der Waals surface area (Å²) in [7, 11) is 0. The van der Waals surface area contributed by atoms with Crippen LogP contribution in [0.5, 0.6) is 0 Å². The maximum atomic E-state index is 13.4. The first-order valence-corrected chi connectivity index (χ1v) is 6.52. The molecule has 0 radical (unpaired) electrons. The molecule has 0 amide bonds. The van der Waals surface area contributed by atoms with Crippen molar-refractivity contribution in [1.82, 2.24) is 0 Å². The van der Waals surface area contributed by atoms with Crippen molar-refractivity contribution in [2.75, 3.05) is 0 Å². The van der Waals surface area contributed by atoms with Gasteiger partial charge in [0.05, 0.1) is 0 Å². The largest absolute Gasteiger partial charge is 0.308 e. The first-order chi connectivity index (χ1) is 7.99. The number of hydrogen-bond acceptors (Lipinski definition) is 1. The van der Waals surface area contributed by atoms with Gasteiger partial charge in [-0.1, -0.05) is 45.6 Å². The lowest BCUT2D eigenvalue weighted by Gasteiger charge is -2.20. The van der Waals surface area contributed by atoms with E-state index in [1.165, 1.54) is 0 Å². The predicted molar refractivity (Wildman–Crippen MR) is 67.3 cm³/mol. The van der Waals surface area contributed by atoms with E-state index in [0.717, 1.165) is 31.8 Å². The van der Waals surface area contributed by atoms with E-state index in [0.29, 0.717) is 12.8 Å². The van der Waals surface area contributed by atoms with E-state index in [1.54, 1.807) is 6.92 Å². The van der Waals surface area contributed by atoms with Crippen LogP contribution in [0.2, 0.25) is 0 Å². The number of alkyl halides is 2. The standard InChI is InChI=1S/C14H24F2O/c1-4-7-8-9-10-12(6-3)13(17)14(15,16)11-5-2/h5,12H,2,4,6-11H2,1,3H3. The number of carbonyl (C=O) groups excluding carboxylic acids is 1. The average molecular weight is 246 g/mol. The van der Waals surface area contributed by atoms with Gasteiger partial charge in [0.25, 0.3) is 0 Å². The number of halogens is 2. The highest BCUT2D eigenvalue weighted by Gasteiger charge is 2.40. The summed E-state index contributed by atoms with van der Waals surface area (Å²) in [4.78, 5) is 11.7.